The number of hydrogen-bond donors (Lipinski definition) is 2. The molecule has 0 unspecified atom stereocenters. The van der Waals surface area contributed by atoms with Gasteiger partial charge in [-0.05, 0) is 71.3 Å². The zero-order valence-electron chi connectivity index (χ0n) is 19.3. The average molecular weight is 488 g/mol. The number of hydrazone groups is 1. The van der Waals surface area contributed by atoms with Crippen molar-refractivity contribution in [2.24, 2.45) is 5.10 Å². The molecule has 0 aliphatic rings. The third-order valence-corrected chi connectivity index (χ3v) is 5.48. The average Bonchev–Trinajstić information content (AvgIpc) is 2.88. The Kier molecular flexibility index (Phi) is 8.20. The molecule has 0 saturated carbocycles. The lowest BCUT2D eigenvalue weighted by Crippen LogP contribution is -2.25. The highest BCUT2D eigenvalue weighted by atomic mass is 35.5. The quantitative estimate of drug-likeness (QED) is 0.211. The number of carbonyl (C=O) groups excluding carboxylic acids is 1. The number of ether oxygens (including phenoxy) is 2. The summed E-state index contributed by atoms with van der Waals surface area (Å²) in [7, 11) is 0. The molecule has 6 nitrogen and oxygen atoms in total. The Hall–Kier alpha value is -4.03. The third kappa shape index (κ3) is 6.74. The van der Waals surface area contributed by atoms with Gasteiger partial charge >= 0.3 is 0 Å². The molecular formula is C28H26ClN3O3. The maximum atomic E-state index is 12.1. The normalized spacial score (nSPS) is 10.9. The van der Waals surface area contributed by atoms with Crippen LogP contribution in [-0.4, -0.2) is 25.3 Å². The zero-order valence-corrected chi connectivity index (χ0v) is 20.1. The van der Waals surface area contributed by atoms with Gasteiger partial charge in [-0.1, -0.05) is 54.1 Å². The van der Waals surface area contributed by atoms with E-state index in [-0.39, 0.29) is 12.5 Å². The van der Waals surface area contributed by atoms with Crippen LogP contribution < -0.4 is 20.2 Å². The van der Waals surface area contributed by atoms with Gasteiger partial charge in [-0.25, -0.2) is 5.43 Å². The van der Waals surface area contributed by atoms with Crippen LogP contribution in [0.5, 0.6) is 11.5 Å². The number of anilines is 1. The van der Waals surface area contributed by atoms with E-state index >= 15 is 0 Å². The van der Waals surface area contributed by atoms with Crippen LogP contribution in [-0.2, 0) is 11.4 Å². The number of rotatable bonds is 10. The fourth-order valence-electron chi connectivity index (χ4n) is 3.53. The number of nitrogens with one attached hydrogen (secondary N) is 2. The number of nitrogens with zero attached hydrogens (tertiary/aromatic N) is 1. The summed E-state index contributed by atoms with van der Waals surface area (Å²) in [4.78, 5) is 12.1. The van der Waals surface area contributed by atoms with E-state index in [1.807, 2.05) is 43.3 Å². The summed E-state index contributed by atoms with van der Waals surface area (Å²) >= 11 is 5.87. The Morgan fingerprint density at radius 1 is 0.943 bits per heavy atom. The van der Waals surface area contributed by atoms with Crippen molar-refractivity contribution in [3.05, 3.63) is 101 Å². The highest BCUT2D eigenvalue weighted by Crippen LogP contribution is 2.30. The number of amides is 1. The fraction of sp³-hybridized carbons (Fsp3) is 0.143. The van der Waals surface area contributed by atoms with E-state index in [9.17, 15) is 4.79 Å². The SMILES string of the molecule is CCOc1cc(/C=N\NC(=O)CNc2ccc(Cl)cc2)ccc1OCc1cccc2ccccc12. The van der Waals surface area contributed by atoms with E-state index in [0.29, 0.717) is 29.7 Å². The number of benzene rings is 4. The molecule has 0 atom stereocenters. The van der Waals surface area contributed by atoms with Crippen LogP contribution in [0.4, 0.5) is 5.69 Å². The molecule has 0 heterocycles. The van der Waals surface area contributed by atoms with E-state index in [1.165, 1.54) is 5.39 Å². The predicted octanol–water partition coefficient (Wildman–Crippen LogP) is 6.03. The minimum absolute atomic E-state index is 0.0874. The summed E-state index contributed by atoms with van der Waals surface area (Å²) in [5.74, 6) is 0.997. The summed E-state index contributed by atoms with van der Waals surface area (Å²) < 4.78 is 11.9. The summed E-state index contributed by atoms with van der Waals surface area (Å²) in [6, 6.07) is 27.1. The van der Waals surface area contributed by atoms with Crippen molar-refractivity contribution in [3.8, 4) is 11.5 Å². The Morgan fingerprint density at radius 3 is 2.57 bits per heavy atom. The molecule has 0 radical (unpaired) electrons. The van der Waals surface area contributed by atoms with Gasteiger partial charge in [-0.2, -0.15) is 5.10 Å². The van der Waals surface area contributed by atoms with E-state index in [0.717, 1.165) is 22.2 Å². The lowest BCUT2D eigenvalue weighted by molar-refractivity contribution is -0.119. The highest BCUT2D eigenvalue weighted by Gasteiger charge is 2.08. The largest absolute Gasteiger partial charge is 0.490 e. The minimum Gasteiger partial charge on any atom is -0.490 e. The van der Waals surface area contributed by atoms with Gasteiger partial charge in [0.1, 0.15) is 6.61 Å². The second kappa shape index (κ2) is 11.9. The third-order valence-electron chi connectivity index (χ3n) is 5.23. The Labute approximate surface area is 209 Å². The van der Waals surface area contributed by atoms with Gasteiger partial charge in [0.05, 0.1) is 19.4 Å². The van der Waals surface area contributed by atoms with Crippen molar-refractivity contribution in [1.82, 2.24) is 5.43 Å². The van der Waals surface area contributed by atoms with Crippen LogP contribution >= 0.6 is 11.6 Å². The van der Waals surface area contributed by atoms with E-state index in [1.54, 1.807) is 30.5 Å². The maximum absolute atomic E-state index is 12.1. The maximum Gasteiger partial charge on any atom is 0.259 e. The first-order valence-electron chi connectivity index (χ1n) is 11.3. The van der Waals surface area contributed by atoms with Gasteiger partial charge in [-0.15, -0.1) is 0 Å². The van der Waals surface area contributed by atoms with Crippen LogP contribution in [0, 0.1) is 0 Å². The Bertz CT molecular complexity index is 1320. The molecule has 0 aromatic heterocycles. The predicted molar refractivity (Wildman–Crippen MR) is 142 cm³/mol. The topological polar surface area (TPSA) is 72.0 Å². The van der Waals surface area contributed by atoms with Gasteiger partial charge in [-0.3, -0.25) is 4.79 Å². The van der Waals surface area contributed by atoms with Crippen molar-refractivity contribution < 1.29 is 14.3 Å². The molecule has 4 rings (SSSR count). The van der Waals surface area contributed by atoms with Crippen molar-refractivity contribution in [2.45, 2.75) is 13.5 Å². The molecule has 35 heavy (non-hydrogen) atoms. The lowest BCUT2D eigenvalue weighted by atomic mass is 10.1. The van der Waals surface area contributed by atoms with Crippen molar-refractivity contribution >= 4 is 40.2 Å². The molecule has 0 aliphatic heterocycles. The summed E-state index contributed by atoms with van der Waals surface area (Å²) in [6.07, 6.45) is 1.57. The van der Waals surface area contributed by atoms with Gasteiger partial charge in [0.25, 0.3) is 5.91 Å². The van der Waals surface area contributed by atoms with Crippen LogP contribution in [0.25, 0.3) is 10.8 Å². The second-order valence-electron chi connectivity index (χ2n) is 7.72. The van der Waals surface area contributed by atoms with E-state index in [4.69, 9.17) is 21.1 Å². The molecule has 0 saturated heterocycles. The minimum atomic E-state index is -0.267. The first-order chi connectivity index (χ1) is 17.1. The molecule has 4 aromatic carbocycles. The van der Waals surface area contributed by atoms with Crippen molar-refractivity contribution in [1.29, 1.82) is 0 Å². The Balaban J connectivity index is 1.36. The van der Waals surface area contributed by atoms with Crippen molar-refractivity contribution in [3.63, 3.8) is 0 Å². The van der Waals surface area contributed by atoms with E-state index < -0.39 is 0 Å². The van der Waals surface area contributed by atoms with Crippen molar-refractivity contribution in [2.75, 3.05) is 18.5 Å². The molecule has 1 amide bonds. The van der Waals surface area contributed by atoms with E-state index in [2.05, 4.69) is 40.1 Å². The molecule has 0 bridgehead atoms. The lowest BCUT2D eigenvalue weighted by Gasteiger charge is -2.13. The fourth-order valence-corrected chi connectivity index (χ4v) is 3.66. The zero-order chi connectivity index (χ0) is 24.5. The standard InChI is InChI=1S/C28H26ClN3O3/c1-2-34-27-16-20(17-31-32-28(33)18-30-24-13-11-23(29)12-14-24)10-15-26(27)35-19-22-8-5-7-21-6-3-4-9-25(21)22/h3-17,30H,2,18-19H2,1H3,(H,32,33)/b31-17-. The van der Waals surface area contributed by atoms with Gasteiger partial charge in [0.2, 0.25) is 0 Å². The molecule has 2 N–H and O–H groups in total. The number of fused-ring (bicyclic) bond motifs is 1. The number of carbonyl (C=O) groups is 1. The molecule has 0 spiro atoms. The second-order valence-corrected chi connectivity index (χ2v) is 8.16. The number of halogens is 1. The van der Waals surface area contributed by atoms with Crippen LogP contribution in [0.15, 0.2) is 90.0 Å². The first kappa shape index (κ1) is 24.1. The molecular weight excluding hydrogens is 462 g/mol. The molecule has 4 aromatic rings. The molecule has 7 heteroatoms. The van der Waals surface area contributed by atoms with Gasteiger partial charge in [0.15, 0.2) is 11.5 Å². The van der Waals surface area contributed by atoms with Gasteiger partial charge < -0.3 is 14.8 Å². The molecule has 0 aliphatic carbocycles. The number of hydrogen-bond acceptors (Lipinski definition) is 5. The first-order valence-corrected chi connectivity index (χ1v) is 11.7. The monoisotopic (exact) mass is 487 g/mol. The summed E-state index contributed by atoms with van der Waals surface area (Å²) in [5, 5.41) is 10.0. The van der Waals surface area contributed by atoms with Crippen LogP contribution in [0.1, 0.15) is 18.1 Å². The Morgan fingerprint density at radius 2 is 1.74 bits per heavy atom. The molecule has 178 valence electrons. The smallest absolute Gasteiger partial charge is 0.259 e. The van der Waals surface area contributed by atoms with Gasteiger partial charge in [0, 0.05) is 10.7 Å². The summed E-state index contributed by atoms with van der Waals surface area (Å²) in [5.41, 5.74) is 5.19. The van der Waals surface area contributed by atoms with Crippen LogP contribution in [0.2, 0.25) is 5.02 Å². The summed E-state index contributed by atoms with van der Waals surface area (Å²) in [6.45, 7) is 2.93. The molecule has 0 fully saturated rings. The van der Waals surface area contributed by atoms with Crippen LogP contribution in [0.3, 0.4) is 0 Å². The highest BCUT2D eigenvalue weighted by molar-refractivity contribution is 6.30.